The van der Waals surface area contributed by atoms with E-state index in [0.717, 1.165) is 24.0 Å². The van der Waals surface area contributed by atoms with Gasteiger partial charge >= 0.3 is 0 Å². The van der Waals surface area contributed by atoms with Crippen molar-refractivity contribution >= 4 is 11.5 Å². The summed E-state index contributed by atoms with van der Waals surface area (Å²) >= 11 is 0. The number of halogens is 1. The van der Waals surface area contributed by atoms with E-state index in [2.05, 4.69) is 5.32 Å². The van der Waals surface area contributed by atoms with Crippen molar-refractivity contribution < 1.29 is 18.7 Å². The Hall–Kier alpha value is -2.18. The summed E-state index contributed by atoms with van der Waals surface area (Å²) in [6.07, 6.45) is 5.28. The van der Waals surface area contributed by atoms with Gasteiger partial charge in [-0.2, -0.15) is 0 Å². The molecule has 1 unspecified atom stereocenters. The summed E-state index contributed by atoms with van der Waals surface area (Å²) in [5.41, 5.74) is 7.58. The van der Waals surface area contributed by atoms with Crippen LogP contribution in [0.15, 0.2) is 42.2 Å². The summed E-state index contributed by atoms with van der Waals surface area (Å²) in [7, 11) is 1.70. The van der Waals surface area contributed by atoms with Gasteiger partial charge in [-0.1, -0.05) is 18.2 Å². The van der Waals surface area contributed by atoms with E-state index in [1.54, 1.807) is 7.11 Å². The van der Waals surface area contributed by atoms with E-state index in [1.807, 2.05) is 37.3 Å². The van der Waals surface area contributed by atoms with Gasteiger partial charge in [-0.05, 0) is 49.5 Å². The lowest BCUT2D eigenvalue weighted by Gasteiger charge is -2.40. The van der Waals surface area contributed by atoms with Crippen LogP contribution in [0.1, 0.15) is 31.7 Å². The van der Waals surface area contributed by atoms with Crippen molar-refractivity contribution in [1.82, 2.24) is 5.32 Å². The van der Waals surface area contributed by atoms with Crippen LogP contribution >= 0.6 is 0 Å². The van der Waals surface area contributed by atoms with Gasteiger partial charge in [0.25, 0.3) is 0 Å². The molecular weight excluding hydrogens is 347 g/mol. The average molecular weight is 374 g/mol. The minimum atomic E-state index is -0.454. The number of nitrogens with two attached hydrogens (primary N) is 1. The first kappa shape index (κ1) is 19.6. The molecule has 0 radical (unpaired) electrons. The van der Waals surface area contributed by atoms with Crippen LogP contribution in [0.4, 0.5) is 4.39 Å². The standard InChI is InChI=1S/C21H27FN2O3/c1-21(20(25)24-17-7-19(8-17)26-2)9-16(10-21)15-3-5-18(6-4-15)27-13-14(11-22)12-23/h3-6,9,11,17,19H,7-8,10,12-13,23H2,1-2H3,(H,24,25)/b14-11+/t17-,19+,21?. The molecule has 1 atom stereocenters. The number of rotatable bonds is 8. The SMILES string of the molecule is CO[C@H]1C[C@@H](NC(=O)C2(C)C=C(c3ccc(OC/C(=C/F)CN)cc3)C2)C1. The van der Waals surface area contributed by atoms with Gasteiger partial charge in [0.2, 0.25) is 5.91 Å². The third-order valence-corrected chi connectivity index (χ3v) is 5.40. The Labute approximate surface area is 159 Å². The second-order valence-corrected chi connectivity index (χ2v) is 7.55. The highest BCUT2D eigenvalue weighted by Gasteiger charge is 2.41. The van der Waals surface area contributed by atoms with Crippen molar-refractivity contribution in [3.05, 3.63) is 47.8 Å². The fourth-order valence-corrected chi connectivity index (χ4v) is 3.38. The zero-order valence-corrected chi connectivity index (χ0v) is 15.8. The van der Waals surface area contributed by atoms with Crippen molar-refractivity contribution in [3.63, 3.8) is 0 Å². The number of methoxy groups -OCH3 is 1. The smallest absolute Gasteiger partial charge is 0.230 e. The highest BCUT2D eigenvalue weighted by atomic mass is 19.1. The molecule has 0 spiro atoms. The van der Waals surface area contributed by atoms with E-state index < -0.39 is 5.41 Å². The van der Waals surface area contributed by atoms with E-state index in [1.165, 1.54) is 0 Å². The molecule has 1 aromatic rings. The first-order chi connectivity index (χ1) is 13.0. The number of allylic oxidation sites excluding steroid dienone is 1. The van der Waals surface area contributed by atoms with Gasteiger partial charge in [0.15, 0.2) is 0 Å². The lowest BCUT2D eigenvalue weighted by molar-refractivity contribution is -0.130. The van der Waals surface area contributed by atoms with Crippen LogP contribution in [0.25, 0.3) is 5.57 Å². The van der Waals surface area contributed by atoms with Crippen molar-refractivity contribution in [2.75, 3.05) is 20.3 Å². The number of nitrogens with one attached hydrogen (secondary N) is 1. The number of amides is 1. The monoisotopic (exact) mass is 374 g/mol. The molecule has 2 aliphatic carbocycles. The Morgan fingerprint density at radius 3 is 2.59 bits per heavy atom. The Balaban J connectivity index is 1.53. The second-order valence-electron chi connectivity index (χ2n) is 7.55. The predicted molar refractivity (Wildman–Crippen MR) is 103 cm³/mol. The zero-order valence-electron chi connectivity index (χ0n) is 15.8. The van der Waals surface area contributed by atoms with Crippen LogP contribution in [0.2, 0.25) is 0 Å². The highest BCUT2D eigenvalue weighted by Crippen LogP contribution is 2.44. The number of ether oxygens (including phenoxy) is 2. The summed E-state index contributed by atoms with van der Waals surface area (Å²) in [5.74, 6) is 0.739. The molecular formula is C21H27FN2O3. The maximum Gasteiger partial charge on any atom is 0.230 e. The molecule has 146 valence electrons. The molecule has 2 aliphatic rings. The molecule has 3 rings (SSSR count). The molecule has 0 saturated heterocycles. The molecule has 6 heteroatoms. The van der Waals surface area contributed by atoms with Gasteiger partial charge in [-0.15, -0.1) is 0 Å². The van der Waals surface area contributed by atoms with Gasteiger partial charge < -0.3 is 20.5 Å². The molecule has 0 heterocycles. The van der Waals surface area contributed by atoms with E-state index in [0.29, 0.717) is 24.1 Å². The summed E-state index contributed by atoms with van der Waals surface area (Å²) in [4.78, 5) is 12.5. The lowest BCUT2D eigenvalue weighted by Crippen LogP contribution is -2.52. The molecule has 0 aromatic heterocycles. The van der Waals surface area contributed by atoms with Crippen LogP contribution in [-0.4, -0.2) is 38.3 Å². The fourth-order valence-electron chi connectivity index (χ4n) is 3.38. The summed E-state index contributed by atoms with van der Waals surface area (Å²) in [6.45, 7) is 2.24. The number of benzene rings is 1. The third kappa shape index (κ3) is 4.39. The van der Waals surface area contributed by atoms with E-state index in [4.69, 9.17) is 15.2 Å². The third-order valence-electron chi connectivity index (χ3n) is 5.40. The first-order valence-corrected chi connectivity index (χ1v) is 9.24. The van der Waals surface area contributed by atoms with Crippen LogP contribution in [0, 0.1) is 5.41 Å². The van der Waals surface area contributed by atoms with E-state index >= 15 is 0 Å². The normalized spacial score (nSPS) is 27.3. The quantitative estimate of drug-likeness (QED) is 0.734. The number of carbonyl (C=O) groups is 1. The van der Waals surface area contributed by atoms with E-state index in [9.17, 15) is 9.18 Å². The maximum absolute atomic E-state index is 12.5. The summed E-state index contributed by atoms with van der Waals surface area (Å²) in [6, 6.07) is 7.82. The molecule has 0 aliphatic heterocycles. The van der Waals surface area contributed by atoms with Crippen molar-refractivity contribution in [1.29, 1.82) is 0 Å². The molecule has 1 aromatic carbocycles. The van der Waals surface area contributed by atoms with Crippen LogP contribution in [0.3, 0.4) is 0 Å². The maximum atomic E-state index is 12.5. The van der Waals surface area contributed by atoms with Crippen LogP contribution in [0.5, 0.6) is 5.75 Å². The Kier molecular flexibility index (Phi) is 5.97. The van der Waals surface area contributed by atoms with E-state index in [-0.39, 0.29) is 31.2 Å². The molecule has 27 heavy (non-hydrogen) atoms. The summed E-state index contributed by atoms with van der Waals surface area (Å²) < 4.78 is 23.3. The second kappa shape index (κ2) is 8.23. The lowest BCUT2D eigenvalue weighted by atomic mass is 9.69. The minimum absolute atomic E-state index is 0.0816. The van der Waals surface area contributed by atoms with Crippen molar-refractivity contribution in [2.45, 2.75) is 38.3 Å². The highest BCUT2D eigenvalue weighted by molar-refractivity contribution is 5.93. The average Bonchev–Trinajstić information content (AvgIpc) is 2.62. The fraction of sp³-hybridized carbons (Fsp3) is 0.476. The number of hydrogen-bond acceptors (Lipinski definition) is 4. The topological polar surface area (TPSA) is 73.6 Å². The Morgan fingerprint density at radius 2 is 2.04 bits per heavy atom. The molecule has 1 amide bonds. The van der Waals surface area contributed by atoms with Crippen LogP contribution in [-0.2, 0) is 9.53 Å². The van der Waals surface area contributed by atoms with Crippen molar-refractivity contribution in [2.24, 2.45) is 11.1 Å². The van der Waals surface area contributed by atoms with Gasteiger partial charge in [-0.3, -0.25) is 4.79 Å². The molecule has 3 N–H and O–H groups in total. The largest absolute Gasteiger partial charge is 0.489 e. The summed E-state index contributed by atoms with van der Waals surface area (Å²) in [5, 5.41) is 3.11. The zero-order chi connectivity index (χ0) is 19.4. The molecule has 5 nitrogen and oxygen atoms in total. The number of carbonyl (C=O) groups excluding carboxylic acids is 1. The molecule has 1 saturated carbocycles. The molecule has 1 fully saturated rings. The number of hydrogen-bond donors (Lipinski definition) is 2. The Morgan fingerprint density at radius 1 is 1.37 bits per heavy atom. The predicted octanol–water partition coefficient (Wildman–Crippen LogP) is 2.96. The van der Waals surface area contributed by atoms with Gasteiger partial charge in [0, 0.05) is 25.3 Å². The minimum Gasteiger partial charge on any atom is -0.489 e. The van der Waals surface area contributed by atoms with Gasteiger partial charge in [0.05, 0.1) is 17.8 Å². The van der Waals surface area contributed by atoms with Crippen molar-refractivity contribution in [3.8, 4) is 5.75 Å². The van der Waals surface area contributed by atoms with Crippen LogP contribution < -0.4 is 15.8 Å². The first-order valence-electron chi connectivity index (χ1n) is 9.24. The van der Waals surface area contributed by atoms with Gasteiger partial charge in [-0.25, -0.2) is 4.39 Å². The Bertz CT molecular complexity index is 738. The van der Waals surface area contributed by atoms with Gasteiger partial charge in [0.1, 0.15) is 12.4 Å². The molecule has 0 bridgehead atoms.